The van der Waals surface area contributed by atoms with Crippen LogP contribution < -0.4 is 11.5 Å². The van der Waals surface area contributed by atoms with E-state index in [1.807, 2.05) is 0 Å². The maximum atomic E-state index is 5.79. The molecule has 0 unspecified atom stereocenters. The van der Waals surface area contributed by atoms with Crippen LogP contribution in [0.3, 0.4) is 0 Å². The molecular formula is C8H16N2. The van der Waals surface area contributed by atoms with Crippen LogP contribution in [-0.4, -0.2) is 12.1 Å². The molecule has 1 aliphatic rings. The van der Waals surface area contributed by atoms with Crippen molar-refractivity contribution in [3.05, 3.63) is 12.2 Å². The summed E-state index contributed by atoms with van der Waals surface area (Å²) in [6.45, 7) is 0. The van der Waals surface area contributed by atoms with Gasteiger partial charge in [-0.05, 0) is 25.7 Å². The number of hydrogen-bond donors (Lipinski definition) is 2. The smallest absolute Gasteiger partial charge is 0.0195 e. The van der Waals surface area contributed by atoms with Crippen molar-refractivity contribution in [2.75, 3.05) is 0 Å². The number of hydrogen-bond acceptors (Lipinski definition) is 2. The summed E-state index contributed by atoms with van der Waals surface area (Å²) in [6, 6.07) is 0.426. The maximum absolute atomic E-state index is 5.79. The molecule has 0 amide bonds. The van der Waals surface area contributed by atoms with Crippen molar-refractivity contribution < 1.29 is 0 Å². The largest absolute Gasteiger partial charge is 0.326 e. The molecule has 2 nitrogen and oxygen atoms in total. The fraction of sp³-hybridized carbons (Fsp3) is 0.750. The van der Waals surface area contributed by atoms with Crippen molar-refractivity contribution in [1.82, 2.24) is 0 Å². The molecule has 10 heavy (non-hydrogen) atoms. The van der Waals surface area contributed by atoms with E-state index < -0.39 is 0 Å². The first-order chi connectivity index (χ1) is 4.80. The average molecular weight is 140 g/mol. The second-order valence-corrected chi connectivity index (χ2v) is 2.95. The van der Waals surface area contributed by atoms with Gasteiger partial charge < -0.3 is 11.5 Å². The molecule has 58 valence electrons. The Balaban J connectivity index is 2.40. The fourth-order valence-corrected chi connectivity index (χ4v) is 1.24. The molecule has 4 N–H and O–H groups in total. The monoisotopic (exact) mass is 140 g/mol. The van der Waals surface area contributed by atoms with Crippen LogP contribution in [0.4, 0.5) is 0 Å². The zero-order valence-electron chi connectivity index (χ0n) is 6.29. The van der Waals surface area contributed by atoms with E-state index in [2.05, 4.69) is 12.2 Å². The summed E-state index contributed by atoms with van der Waals surface area (Å²) < 4.78 is 0. The quantitative estimate of drug-likeness (QED) is 0.488. The molecule has 1 rings (SSSR count). The van der Waals surface area contributed by atoms with Crippen molar-refractivity contribution in [2.24, 2.45) is 11.5 Å². The molecule has 0 saturated carbocycles. The molecule has 0 aromatic rings. The van der Waals surface area contributed by atoms with Crippen LogP contribution >= 0.6 is 0 Å². The minimum Gasteiger partial charge on any atom is -0.326 e. The van der Waals surface area contributed by atoms with Crippen molar-refractivity contribution in [3.8, 4) is 0 Å². The molecule has 2 atom stereocenters. The SMILES string of the molecule is N[C@@H]1CC/C=C\CC[C@H]1N. The summed E-state index contributed by atoms with van der Waals surface area (Å²) >= 11 is 0. The number of allylic oxidation sites excluding steroid dienone is 2. The third kappa shape index (κ3) is 2.12. The molecule has 0 aliphatic heterocycles. The van der Waals surface area contributed by atoms with Gasteiger partial charge in [-0.1, -0.05) is 12.2 Å². The lowest BCUT2D eigenvalue weighted by molar-refractivity contribution is 0.468. The van der Waals surface area contributed by atoms with Crippen molar-refractivity contribution in [1.29, 1.82) is 0 Å². The van der Waals surface area contributed by atoms with Crippen molar-refractivity contribution in [3.63, 3.8) is 0 Å². The summed E-state index contributed by atoms with van der Waals surface area (Å²) in [7, 11) is 0. The molecule has 1 aliphatic carbocycles. The van der Waals surface area contributed by atoms with E-state index in [1.165, 1.54) is 0 Å². The topological polar surface area (TPSA) is 52.0 Å². The Labute approximate surface area is 62.3 Å². The third-order valence-electron chi connectivity index (χ3n) is 2.05. The zero-order valence-corrected chi connectivity index (χ0v) is 6.29. The predicted molar refractivity (Wildman–Crippen MR) is 43.6 cm³/mol. The van der Waals surface area contributed by atoms with E-state index in [9.17, 15) is 0 Å². The summed E-state index contributed by atoms with van der Waals surface area (Å²) in [4.78, 5) is 0. The summed E-state index contributed by atoms with van der Waals surface area (Å²) in [6.07, 6.45) is 8.66. The molecule has 0 heterocycles. The summed E-state index contributed by atoms with van der Waals surface area (Å²) in [5.74, 6) is 0. The highest BCUT2D eigenvalue weighted by atomic mass is 14.8. The second kappa shape index (κ2) is 3.74. The van der Waals surface area contributed by atoms with Gasteiger partial charge in [0.15, 0.2) is 0 Å². The summed E-state index contributed by atoms with van der Waals surface area (Å²) in [5.41, 5.74) is 11.6. The van der Waals surface area contributed by atoms with Gasteiger partial charge in [-0.3, -0.25) is 0 Å². The van der Waals surface area contributed by atoms with Crippen LogP contribution in [0.1, 0.15) is 25.7 Å². The van der Waals surface area contributed by atoms with Gasteiger partial charge in [-0.25, -0.2) is 0 Å². The Morgan fingerprint density at radius 3 is 1.70 bits per heavy atom. The number of rotatable bonds is 0. The van der Waals surface area contributed by atoms with E-state index in [-0.39, 0.29) is 12.1 Å². The second-order valence-electron chi connectivity index (χ2n) is 2.95. The third-order valence-corrected chi connectivity index (χ3v) is 2.05. The van der Waals surface area contributed by atoms with Crippen LogP contribution in [0.2, 0.25) is 0 Å². The molecule has 0 aromatic carbocycles. The minimum atomic E-state index is 0.213. The van der Waals surface area contributed by atoms with Crippen LogP contribution in [0.25, 0.3) is 0 Å². The Morgan fingerprint density at radius 2 is 1.30 bits per heavy atom. The molecule has 0 fully saturated rings. The molecule has 0 aromatic heterocycles. The van der Waals surface area contributed by atoms with E-state index in [0.29, 0.717) is 0 Å². The highest BCUT2D eigenvalue weighted by Crippen LogP contribution is 2.09. The highest BCUT2D eigenvalue weighted by molar-refractivity contribution is 4.90. The Bertz CT molecular complexity index is 106. The van der Waals surface area contributed by atoms with E-state index in [0.717, 1.165) is 25.7 Å². The zero-order chi connectivity index (χ0) is 7.40. The summed E-state index contributed by atoms with van der Waals surface area (Å²) in [5, 5.41) is 0. The number of nitrogens with two attached hydrogens (primary N) is 2. The van der Waals surface area contributed by atoms with Crippen LogP contribution in [0, 0.1) is 0 Å². The lowest BCUT2D eigenvalue weighted by Crippen LogP contribution is -2.41. The maximum Gasteiger partial charge on any atom is 0.0195 e. The molecular weight excluding hydrogens is 124 g/mol. The van der Waals surface area contributed by atoms with Gasteiger partial charge in [0.05, 0.1) is 0 Å². The van der Waals surface area contributed by atoms with Gasteiger partial charge in [0, 0.05) is 12.1 Å². The minimum absolute atomic E-state index is 0.213. The first-order valence-corrected chi connectivity index (χ1v) is 3.97. The lowest BCUT2D eigenvalue weighted by atomic mass is 9.97. The molecule has 0 bridgehead atoms. The van der Waals surface area contributed by atoms with Crippen LogP contribution in [0.15, 0.2) is 12.2 Å². The standard InChI is InChI=1S/C8H16N2/c9-7-5-3-1-2-4-6-8(7)10/h1-2,7-8H,3-6,9-10H2/b2-1-/t7-,8-/m1/s1. The van der Waals surface area contributed by atoms with Gasteiger partial charge >= 0.3 is 0 Å². The Kier molecular flexibility index (Phi) is 2.90. The fourth-order valence-electron chi connectivity index (χ4n) is 1.24. The van der Waals surface area contributed by atoms with E-state index >= 15 is 0 Å². The van der Waals surface area contributed by atoms with Gasteiger partial charge in [0.1, 0.15) is 0 Å². The van der Waals surface area contributed by atoms with Crippen molar-refractivity contribution in [2.45, 2.75) is 37.8 Å². The van der Waals surface area contributed by atoms with Gasteiger partial charge in [0.2, 0.25) is 0 Å². The van der Waals surface area contributed by atoms with Crippen LogP contribution in [0.5, 0.6) is 0 Å². The van der Waals surface area contributed by atoms with E-state index in [1.54, 1.807) is 0 Å². The predicted octanol–water partition coefficient (Wildman–Crippen LogP) is 0.771. The molecule has 2 heteroatoms. The average Bonchev–Trinajstić information content (AvgIpc) is 1.92. The molecule has 0 radical (unpaired) electrons. The Hall–Kier alpha value is -0.340. The first kappa shape index (κ1) is 7.76. The lowest BCUT2D eigenvalue weighted by Gasteiger charge is -2.19. The van der Waals surface area contributed by atoms with E-state index in [4.69, 9.17) is 11.5 Å². The highest BCUT2D eigenvalue weighted by Gasteiger charge is 2.12. The van der Waals surface area contributed by atoms with Gasteiger partial charge in [0.25, 0.3) is 0 Å². The molecule has 0 saturated heterocycles. The van der Waals surface area contributed by atoms with Crippen LogP contribution in [-0.2, 0) is 0 Å². The van der Waals surface area contributed by atoms with Gasteiger partial charge in [-0.2, -0.15) is 0 Å². The molecule has 0 spiro atoms. The van der Waals surface area contributed by atoms with Crippen molar-refractivity contribution >= 4 is 0 Å². The van der Waals surface area contributed by atoms with Gasteiger partial charge in [-0.15, -0.1) is 0 Å². The Morgan fingerprint density at radius 1 is 0.900 bits per heavy atom. The normalized spacial score (nSPS) is 38.2. The first-order valence-electron chi connectivity index (χ1n) is 3.97.